The largest absolute Gasteiger partial charge is 0.442 e. The minimum absolute atomic E-state index is 0.0467. The fraction of sp³-hybridized carbons (Fsp3) is 0.611. The maximum Gasteiger partial charge on any atom is 0.434 e. The SMILES string of the molecule is CC(C)(C)c1ccc(S(=O)(=O)N2CCNCC2C(=O)OC(C(F)(F)F)C(F)(F)F)cc1. The third-order valence-corrected chi connectivity index (χ3v) is 6.54. The van der Waals surface area contributed by atoms with E-state index in [2.05, 4.69) is 10.1 Å². The average Bonchev–Trinajstić information content (AvgIpc) is 2.63. The summed E-state index contributed by atoms with van der Waals surface area (Å²) in [6, 6.07) is 3.74. The molecule has 1 aromatic carbocycles. The highest BCUT2D eigenvalue weighted by molar-refractivity contribution is 7.89. The van der Waals surface area contributed by atoms with Gasteiger partial charge < -0.3 is 10.1 Å². The Morgan fingerprint density at radius 2 is 1.58 bits per heavy atom. The van der Waals surface area contributed by atoms with Crippen LogP contribution >= 0.6 is 0 Å². The molecule has 1 saturated heterocycles. The lowest BCUT2D eigenvalue weighted by Crippen LogP contribution is -2.59. The fourth-order valence-electron chi connectivity index (χ4n) is 2.95. The number of hydrogen-bond acceptors (Lipinski definition) is 5. The number of rotatable bonds is 4. The molecule has 2 rings (SSSR count). The quantitative estimate of drug-likeness (QED) is 0.534. The summed E-state index contributed by atoms with van der Waals surface area (Å²) in [7, 11) is -4.40. The smallest absolute Gasteiger partial charge is 0.434 e. The van der Waals surface area contributed by atoms with Crippen molar-refractivity contribution in [3.63, 3.8) is 0 Å². The van der Waals surface area contributed by atoms with Crippen LogP contribution in [0.4, 0.5) is 26.3 Å². The molecule has 0 spiro atoms. The van der Waals surface area contributed by atoms with Gasteiger partial charge in [-0.3, -0.25) is 4.79 Å². The molecule has 31 heavy (non-hydrogen) atoms. The predicted molar refractivity (Wildman–Crippen MR) is 97.7 cm³/mol. The number of esters is 1. The molecule has 1 unspecified atom stereocenters. The van der Waals surface area contributed by atoms with Gasteiger partial charge in [0.15, 0.2) is 0 Å². The number of carbonyl (C=O) groups excluding carboxylic acids is 1. The summed E-state index contributed by atoms with van der Waals surface area (Å²) in [6.07, 6.45) is -16.2. The Morgan fingerprint density at radius 3 is 2.03 bits per heavy atom. The number of nitrogens with zero attached hydrogens (tertiary/aromatic N) is 1. The fourth-order valence-corrected chi connectivity index (χ4v) is 4.53. The normalized spacial score (nSPS) is 19.5. The van der Waals surface area contributed by atoms with Crippen molar-refractivity contribution in [1.82, 2.24) is 9.62 Å². The van der Waals surface area contributed by atoms with Gasteiger partial charge in [0.1, 0.15) is 6.04 Å². The van der Waals surface area contributed by atoms with Gasteiger partial charge in [-0.05, 0) is 23.1 Å². The molecular formula is C18H22F6N2O4S. The van der Waals surface area contributed by atoms with E-state index >= 15 is 0 Å². The first kappa shape index (κ1) is 25.4. The highest BCUT2D eigenvalue weighted by atomic mass is 32.2. The average molecular weight is 476 g/mol. The number of alkyl halides is 6. The molecule has 0 bridgehead atoms. The van der Waals surface area contributed by atoms with E-state index in [1.54, 1.807) is 12.1 Å². The molecule has 1 aromatic rings. The van der Waals surface area contributed by atoms with Gasteiger partial charge >= 0.3 is 18.3 Å². The van der Waals surface area contributed by atoms with Crippen molar-refractivity contribution in [2.45, 2.75) is 55.6 Å². The summed E-state index contributed by atoms with van der Waals surface area (Å²) >= 11 is 0. The Morgan fingerprint density at radius 1 is 1.06 bits per heavy atom. The summed E-state index contributed by atoms with van der Waals surface area (Å²) in [6.45, 7) is 4.90. The van der Waals surface area contributed by atoms with Crippen LogP contribution in [0.2, 0.25) is 0 Å². The van der Waals surface area contributed by atoms with Gasteiger partial charge in [0.25, 0.3) is 6.10 Å². The van der Waals surface area contributed by atoms with Gasteiger partial charge in [0.05, 0.1) is 4.90 Å². The molecule has 0 aliphatic carbocycles. The first-order valence-corrected chi connectivity index (χ1v) is 10.6. The number of hydrogen-bond donors (Lipinski definition) is 1. The van der Waals surface area contributed by atoms with Crippen molar-refractivity contribution in [1.29, 1.82) is 0 Å². The third kappa shape index (κ3) is 5.89. The Hall–Kier alpha value is -1.86. The van der Waals surface area contributed by atoms with Crippen molar-refractivity contribution >= 4 is 16.0 Å². The second kappa shape index (κ2) is 8.58. The lowest BCUT2D eigenvalue weighted by molar-refractivity contribution is -0.314. The van der Waals surface area contributed by atoms with Crippen molar-refractivity contribution in [3.8, 4) is 0 Å². The van der Waals surface area contributed by atoms with E-state index in [1.165, 1.54) is 12.1 Å². The van der Waals surface area contributed by atoms with E-state index in [1.807, 2.05) is 20.8 Å². The van der Waals surface area contributed by atoms with Gasteiger partial charge in [-0.25, -0.2) is 8.42 Å². The molecule has 1 aliphatic heterocycles. The van der Waals surface area contributed by atoms with E-state index in [-0.39, 0.29) is 23.4 Å². The molecule has 1 atom stereocenters. The second-order valence-corrected chi connectivity index (χ2v) is 9.90. The monoisotopic (exact) mass is 476 g/mol. The lowest BCUT2D eigenvalue weighted by Gasteiger charge is -2.34. The molecule has 13 heteroatoms. The van der Waals surface area contributed by atoms with E-state index in [0.717, 1.165) is 5.56 Å². The number of piperazine rings is 1. The number of halogens is 6. The van der Waals surface area contributed by atoms with Gasteiger partial charge in [-0.1, -0.05) is 32.9 Å². The van der Waals surface area contributed by atoms with E-state index < -0.39 is 47.0 Å². The molecule has 0 amide bonds. The molecule has 176 valence electrons. The van der Waals surface area contributed by atoms with Crippen LogP contribution in [-0.2, 0) is 25.0 Å². The first-order chi connectivity index (χ1) is 14.0. The van der Waals surface area contributed by atoms with Crippen molar-refractivity contribution in [3.05, 3.63) is 29.8 Å². The number of sulfonamides is 1. The molecule has 1 fully saturated rings. The molecule has 0 radical (unpaired) electrons. The van der Waals surface area contributed by atoms with Crippen LogP contribution in [0, 0.1) is 0 Å². The number of ether oxygens (including phenoxy) is 1. The summed E-state index contributed by atoms with van der Waals surface area (Å²) in [4.78, 5) is 12.0. The van der Waals surface area contributed by atoms with Crippen LogP contribution in [0.25, 0.3) is 0 Å². The van der Waals surface area contributed by atoms with Gasteiger partial charge in [-0.15, -0.1) is 0 Å². The van der Waals surface area contributed by atoms with Gasteiger partial charge in [-0.2, -0.15) is 30.6 Å². The molecule has 0 aromatic heterocycles. The van der Waals surface area contributed by atoms with Crippen LogP contribution in [0.5, 0.6) is 0 Å². The molecule has 1 heterocycles. The molecule has 1 N–H and O–H groups in total. The zero-order valence-corrected chi connectivity index (χ0v) is 17.7. The maximum absolute atomic E-state index is 13.0. The Bertz CT molecular complexity index is 878. The third-order valence-electron chi connectivity index (χ3n) is 4.62. The summed E-state index contributed by atoms with van der Waals surface area (Å²) in [5.41, 5.74) is 0.523. The minimum atomic E-state index is -5.90. The summed E-state index contributed by atoms with van der Waals surface area (Å²) in [5, 5.41) is 2.58. The number of benzene rings is 1. The maximum atomic E-state index is 13.0. The second-order valence-electron chi connectivity index (χ2n) is 8.01. The summed E-state index contributed by atoms with van der Waals surface area (Å²) < 4.78 is 107. The lowest BCUT2D eigenvalue weighted by atomic mass is 9.87. The van der Waals surface area contributed by atoms with Gasteiger partial charge in [0, 0.05) is 19.6 Å². The minimum Gasteiger partial charge on any atom is -0.442 e. The highest BCUT2D eigenvalue weighted by Crippen LogP contribution is 2.36. The first-order valence-electron chi connectivity index (χ1n) is 9.13. The van der Waals surface area contributed by atoms with Crippen LogP contribution < -0.4 is 5.32 Å². The van der Waals surface area contributed by atoms with Crippen molar-refractivity contribution in [2.24, 2.45) is 0 Å². The van der Waals surface area contributed by atoms with Crippen LogP contribution in [0.15, 0.2) is 29.2 Å². The van der Waals surface area contributed by atoms with Crippen LogP contribution in [0.1, 0.15) is 26.3 Å². The Kier molecular flexibility index (Phi) is 7.03. The van der Waals surface area contributed by atoms with E-state index in [0.29, 0.717) is 4.31 Å². The van der Waals surface area contributed by atoms with E-state index in [4.69, 9.17) is 0 Å². The number of carbonyl (C=O) groups is 1. The Labute approximate surface area is 175 Å². The molecule has 6 nitrogen and oxygen atoms in total. The molecular weight excluding hydrogens is 454 g/mol. The van der Waals surface area contributed by atoms with Gasteiger partial charge in [0.2, 0.25) is 10.0 Å². The predicted octanol–water partition coefficient (Wildman–Crippen LogP) is 2.98. The zero-order chi connectivity index (χ0) is 23.8. The Balaban J connectivity index is 2.33. The van der Waals surface area contributed by atoms with Crippen molar-refractivity contribution in [2.75, 3.05) is 19.6 Å². The molecule has 0 saturated carbocycles. The topological polar surface area (TPSA) is 75.7 Å². The van der Waals surface area contributed by atoms with Crippen LogP contribution in [0.3, 0.4) is 0 Å². The van der Waals surface area contributed by atoms with E-state index in [9.17, 15) is 39.6 Å². The summed E-state index contributed by atoms with van der Waals surface area (Å²) in [5.74, 6) is -1.94. The number of nitrogens with one attached hydrogen (secondary N) is 1. The highest BCUT2D eigenvalue weighted by Gasteiger charge is 2.60. The standard InChI is InChI=1S/C18H22F6N2O4S/c1-16(2,3)11-4-6-12(7-5-11)31(28,29)26-9-8-25-10-13(26)14(27)30-15(17(19,20)21)18(22,23)24/h4-7,13,15,25H,8-10H2,1-3H3. The van der Waals surface area contributed by atoms with Crippen molar-refractivity contribution < 1.29 is 44.3 Å². The van der Waals surface area contributed by atoms with Crippen LogP contribution in [-0.4, -0.2) is 62.8 Å². The zero-order valence-electron chi connectivity index (χ0n) is 16.8. The molecule has 1 aliphatic rings.